The van der Waals surface area contributed by atoms with Gasteiger partial charge in [-0.05, 0) is 42.0 Å². The maximum Gasteiger partial charge on any atom is 0.254 e. The molecule has 1 N–H and O–H groups in total. The summed E-state index contributed by atoms with van der Waals surface area (Å²) in [6.45, 7) is 2.97. The summed E-state index contributed by atoms with van der Waals surface area (Å²) in [5.74, 6) is 0.0172. The topological polar surface area (TPSA) is 98.2 Å². The maximum absolute atomic E-state index is 12.6. The molecule has 168 valence electrons. The third-order valence-electron chi connectivity index (χ3n) is 5.57. The lowest BCUT2D eigenvalue weighted by Gasteiger charge is -2.26. The molecular formula is C24H24N6O3. The molecule has 9 nitrogen and oxygen atoms in total. The van der Waals surface area contributed by atoms with E-state index in [0.29, 0.717) is 44.2 Å². The first-order valence-corrected chi connectivity index (χ1v) is 10.8. The molecule has 0 saturated carbocycles. The first-order valence-electron chi connectivity index (χ1n) is 10.8. The van der Waals surface area contributed by atoms with Crippen LogP contribution in [-0.2, 0) is 9.47 Å². The van der Waals surface area contributed by atoms with Crippen molar-refractivity contribution in [2.24, 2.45) is 0 Å². The molecule has 1 aliphatic heterocycles. The molecule has 1 amide bonds. The lowest BCUT2D eigenvalue weighted by atomic mass is 10.1. The number of benzene rings is 2. The van der Waals surface area contributed by atoms with Gasteiger partial charge in [-0.3, -0.25) is 9.89 Å². The van der Waals surface area contributed by atoms with Crippen molar-refractivity contribution < 1.29 is 14.3 Å². The number of morpholine rings is 1. The summed E-state index contributed by atoms with van der Waals surface area (Å²) in [5, 5.41) is 17.1. The summed E-state index contributed by atoms with van der Waals surface area (Å²) in [7, 11) is 1.67. The Hall–Kier alpha value is -3.82. The van der Waals surface area contributed by atoms with Gasteiger partial charge in [0.2, 0.25) is 0 Å². The Morgan fingerprint density at radius 2 is 2.00 bits per heavy atom. The summed E-state index contributed by atoms with van der Waals surface area (Å²) in [6, 6.07) is 13.5. The highest BCUT2D eigenvalue weighted by molar-refractivity contribution is 5.94. The number of nitrogens with zero attached hydrogens (tertiary/aromatic N) is 5. The van der Waals surface area contributed by atoms with Crippen molar-refractivity contribution in [3.63, 3.8) is 0 Å². The van der Waals surface area contributed by atoms with E-state index in [2.05, 4.69) is 20.5 Å². The number of H-pyrrole nitrogens is 1. The highest BCUT2D eigenvalue weighted by atomic mass is 16.5. The molecule has 0 spiro atoms. The Morgan fingerprint density at radius 3 is 2.79 bits per heavy atom. The molecule has 9 heteroatoms. The molecule has 0 atom stereocenters. The Balaban J connectivity index is 1.35. The van der Waals surface area contributed by atoms with Crippen molar-refractivity contribution in [3.8, 4) is 17.1 Å². The number of carbonyl (C=O) groups excluding carboxylic acids is 1. The SMILES string of the molecule is COCC=Cc1ccc2c(-c3cn(-c4ccc(C(=O)N5CCOCC5)cc4)nn3)n[nH]c2c1. The standard InChI is InChI=1S/C24H24N6O3/c1-32-12-2-3-17-4-9-20-21(15-17)25-27-23(20)22-16-30(28-26-22)19-7-5-18(6-8-19)24(31)29-10-13-33-14-11-29/h2-9,15-16H,10-14H2,1H3,(H,25,27). The highest BCUT2D eigenvalue weighted by Gasteiger charge is 2.19. The van der Waals surface area contributed by atoms with Crippen LogP contribution in [-0.4, -0.2) is 76.0 Å². The normalized spacial score (nSPS) is 14.4. The number of rotatable bonds is 6. The molecule has 5 rings (SSSR count). The van der Waals surface area contributed by atoms with Crippen molar-refractivity contribution in [1.82, 2.24) is 30.1 Å². The van der Waals surface area contributed by atoms with Crippen LogP contribution in [0, 0.1) is 0 Å². The van der Waals surface area contributed by atoms with Gasteiger partial charge in [-0.15, -0.1) is 5.10 Å². The minimum absolute atomic E-state index is 0.0172. The number of carbonyl (C=O) groups is 1. The predicted molar refractivity (Wildman–Crippen MR) is 124 cm³/mol. The van der Waals surface area contributed by atoms with E-state index in [9.17, 15) is 4.79 Å². The van der Waals surface area contributed by atoms with Gasteiger partial charge in [0.15, 0.2) is 0 Å². The van der Waals surface area contributed by atoms with Crippen LogP contribution in [0.4, 0.5) is 0 Å². The van der Waals surface area contributed by atoms with Crippen molar-refractivity contribution in [2.75, 3.05) is 40.0 Å². The van der Waals surface area contributed by atoms with Crippen molar-refractivity contribution in [2.45, 2.75) is 0 Å². The van der Waals surface area contributed by atoms with Gasteiger partial charge >= 0.3 is 0 Å². The van der Waals surface area contributed by atoms with E-state index in [1.165, 1.54) is 0 Å². The molecule has 0 radical (unpaired) electrons. The fourth-order valence-electron chi connectivity index (χ4n) is 3.82. The molecule has 2 aromatic carbocycles. The third kappa shape index (κ3) is 4.41. The minimum Gasteiger partial charge on any atom is -0.381 e. The number of methoxy groups -OCH3 is 1. The molecule has 1 aliphatic rings. The van der Waals surface area contributed by atoms with E-state index < -0.39 is 0 Å². The van der Waals surface area contributed by atoms with Gasteiger partial charge in [-0.2, -0.15) is 5.10 Å². The maximum atomic E-state index is 12.6. The van der Waals surface area contributed by atoms with Gasteiger partial charge < -0.3 is 14.4 Å². The van der Waals surface area contributed by atoms with Gasteiger partial charge in [0.25, 0.3) is 5.91 Å². The van der Waals surface area contributed by atoms with Gasteiger partial charge in [0.1, 0.15) is 11.4 Å². The summed E-state index contributed by atoms with van der Waals surface area (Å²) in [6.07, 6.45) is 5.80. The molecule has 0 bridgehead atoms. The molecule has 2 aromatic heterocycles. The number of fused-ring (bicyclic) bond motifs is 1. The van der Waals surface area contributed by atoms with Crippen LogP contribution in [0.1, 0.15) is 15.9 Å². The van der Waals surface area contributed by atoms with E-state index in [0.717, 1.165) is 27.8 Å². The average Bonchev–Trinajstić information content (AvgIpc) is 3.51. The van der Waals surface area contributed by atoms with Gasteiger partial charge in [0, 0.05) is 31.1 Å². The van der Waals surface area contributed by atoms with Crippen molar-refractivity contribution in [3.05, 3.63) is 65.9 Å². The van der Waals surface area contributed by atoms with Crippen LogP contribution in [0.15, 0.2) is 54.7 Å². The average molecular weight is 444 g/mol. The molecule has 4 aromatic rings. The molecule has 33 heavy (non-hydrogen) atoms. The second-order valence-electron chi connectivity index (χ2n) is 7.73. The second-order valence-corrected chi connectivity index (χ2v) is 7.73. The van der Waals surface area contributed by atoms with Crippen molar-refractivity contribution >= 4 is 22.9 Å². The van der Waals surface area contributed by atoms with Crippen LogP contribution < -0.4 is 0 Å². The number of aromatic nitrogens is 5. The monoisotopic (exact) mass is 444 g/mol. The highest BCUT2D eigenvalue weighted by Crippen LogP contribution is 2.26. The lowest BCUT2D eigenvalue weighted by Crippen LogP contribution is -2.40. The number of hydrogen-bond acceptors (Lipinski definition) is 6. The summed E-state index contributed by atoms with van der Waals surface area (Å²) in [4.78, 5) is 14.5. The lowest BCUT2D eigenvalue weighted by molar-refractivity contribution is 0.0303. The van der Waals surface area contributed by atoms with Crippen LogP contribution >= 0.6 is 0 Å². The number of aromatic amines is 1. The number of nitrogens with one attached hydrogen (secondary N) is 1. The quantitative estimate of drug-likeness (QED) is 0.491. The number of amides is 1. The van der Waals surface area contributed by atoms with E-state index in [-0.39, 0.29) is 5.91 Å². The molecule has 0 aliphatic carbocycles. The van der Waals surface area contributed by atoms with Crippen LogP contribution in [0.5, 0.6) is 0 Å². The van der Waals surface area contributed by atoms with Crippen LogP contribution in [0.2, 0.25) is 0 Å². The van der Waals surface area contributed by atoms with E-state index >= 15 is 0 Å². The van der Waals surface area contributed by atoms with E-state index in [1.807, 2.05) is 65.7 Å². The van der Waals surface area contributed by atoms with Crippen molar-refractivity contribution in [1.29, 1.82) is 0 Å². The molecule has 3 heterocycles. The first kappa shape index (κ1) is 21.0. The fraction of sp³-hybridized carbons (Fsp3) is 0.250. The zero-order chi connectivity index (χ0) is 22.6. The fourth-order valence-corrected chi connectivity index (χ4v) is 3.82. The number of hydrogen-bond donors (Lipinski definition) is 1. The Kier molecular flexibility index (Phi) is 5.97. The molecule has 1 saturated heterocycles. The first-order chi connectivity index (χ1) is 16.2. The van der Waals surface area contributed by atoms with Gasteiger partial charge in [-0.1, -0.05) is 23.4 Å². The van der Waals surface area contributed by atoms with E-state index in [4.69, 9.17) is 9.47 Å². The summed E-state index contributed by atoms with van der Waals surface area (Å²) < 4.78 is 12.1. The zero-order valence-electron chi connectivity index (χ0n) is 18.3. The van der Waals surface area contributed by atoms with Crippen LogP contribution in [0.25, 0.3) is 34.1 Å². The smallest absolute Gasteiger partial charge is 0.254 e. The van der Waals surface area contributed by atoms with Crippen LogP contribution in [0.3, 0.4) is 0 Å². The molecular weight excluding hydrogens is 420 g/mol. The molecule has 1 fully saturated rings. The Bertz CT molecular complexity index is 1290. The second kappa shape index (κ2) is 9.35. The third-order valence-corrected chi connectivity index (χ3v) is 5.57. The molecule has 0 unspecified atom stereocenters. The van der Waals surface area contributed by atoms with Gasteiger partial charge in [0.05, 0.1) is 37.2 Å². The summed E-state index contributed by atoms with van der Waals surface area (Å²) >= 11 is 0. The predicted octanol–water partition coefficient (Wildman–Crippen LogP) is 2.94. The van der Waals surface area contributed by atoms with Gasteiger partial charge in [-0.25, -0.2) is 4.68 Å². The minimum atomic E-state index is 0.0172. The Labute approximate surface area is 190 Å². The summed E-state index contributed by atoms with van der Waals surface area (Å²) in [5.41, 5.74) is 4.85. The Morgan fingerprint density at radius 1 is 1.18 bits per heavy atom. The zero-order valence-corrected chi connectivity index (χ0v) is 18.3. The number of ether oxygens (including phenoxy) is 2. The largest absolute Gasteiger partial charge is 0.381 e. The van der Waals surface area contributed by atoms with E-state index in [1.54, 1.807) is 11.8 Å².